The van der Waals surface area contributed by atoms with E-state index in [-0.39, 0.29) is 5.91 Å². The van der Waals surface area contributed by atoms with Crippen molar-refractivity contribution < 1.29 is 4.79 Å². The summed E-state index contributed by atoms with van der Waals surface area (Å²) in [5, 5.41) is 2.97. The summed E-state index contributed by atoms with van der Waals surface area (Å²) in [4.78, 5) is 23.6. The molecule has 1 aliphatic heterocycles. The molecule has 1 amide bonds. The van der Waals surface area contributed by atoms with E-state index in [0.717, 1.165) is 25.3 Å². The van der Waals surface area contributed by atoms with Gasteiger partial charge in [0.25, 0.3) is 5.91 Å². The van der Waals surface area contributed by atoms with Gasteiger partial charge >= 0.3 is 0 Å². The lowest BCUT2D eigenvalue weighted by molar-refractivity contribution is 0.0948. The highest BCUT2D eigenvalue weighted by Crippen LogP contribution is 2.21. The number of anilines is 1. The van der Waals surface area contributed by atoms with Crippen LogP contribution in [-0.2, 0) is 6.42 Å². The maximum atomic E-state index is 12.5. The Morgan fingerprint density at radius 1 is 1.28 bits per heavy atom. The molecule has 1 atom stereocenters. The van der Waals surface area contributed by atoms with E-state index in [1.807, 2.05) is 31.2 Å². The van der Waals surface area contributed by atoms with E-state index >= 15 is 0 Å². The van der Waals surface area contributed by atoms with E-state index in [1.54, 1.807) is 0 Å². The Morgan fingerprint density at radius 3 is 2.84 bits per heavy atom. The lowest BCUT2D eigenvalue weighted by Gasteiger charge is -2.32. The number of carbonyl (C=O) groups is 1. The van der Waals surface area contributed by atoms with Crippen molar-refractivity contribution in [2.24, 2.45) is 5.92 Å². The molecule has 2 aromatic rings. The third-order valence-electron chi connectivity index (χ3n) is 4.58. The van der Waals surface area contributed by atoms with Crippen molar-refractivity contribution in [1.82, 2.24) is 15.3 Å². The molecule has 0 bridgehead atoms. The Bertz CT molecular complexity index is 717. The normalized spacial score (nSPS) is 17.4. The van der Waals surface area contributed by atoms with Gasteiger partial charge in [0, 0.05) is 25.7 Å². The quantitative estimate of drug-likeness (QED) is 0.910. The van der Waals surface area contributed by atoms with Gasteiger partial charge in [-0.1, -0.05) is 37.3 Å². The van der Waals surface area contributed by atoms with Crippen LogP contribution in [0.1, 0.15) is 41.6 Å². The van der Waals surface area contributed by atoms with Gasteiger partial charge in [0.15, 0.2) is 0 Å². The van der Waals surface area contributed by atoms with Crippen molar-refractivity contribution in [2.75, 3.05) is 24.5 Å². The molecular formula is C20H26N4O. The van der Waals surface area contributed by atoms with Crippen molar-refractivity contribution in [3.63, 3.8) is 0 Å². The van der Waals surface area contributed by atoms with Gasteiger partial charge in [-0.25, -0.2) is 9.97 Å². The number of rotatable bonds is 5. The average molecular weight is 338 g/mol. The lowest BCUT2D eigenvalue weighted by Crippen LogP contribution is -2.35. The first-order valence-electron chi connectivity index (χ1n) is 9.04. The minimum atomic E-state index is -0.132. The topological polar surface area (TPSA) is 58.1 Å². The summed E-state index contributed by atoms with van der Waals surface area (Å²) >= 11 is 0. The van der Waals surface area contributed by atoms with Crippen molar-refractivity contribution in [1.29, 1.82) is 0 Å². The maximum absolute atomic E-state index is 12.5. The van der Waals surface area contributed by atoms with E-state index in [1.165, 1.54) is 18.4 Å². The molecule has 0 saturated carbocycles. The lowest BCUT2D eigenvalue weighted by atomic mass is 10.0. The number of hydrogen-bond acceptors (Lipinski definition) is 4. The van der Waals surface area contributed by atoms with E-state index in [0.29, 0.717) is 24.0 Å². The van der Waals surface area contributed by atoms with Crippen LogP contribution in [0.4, 0.5) is 5.82 Å². The molecular weight excluding hydrogens is 312 g/mol. The summed E-state index contributed by atoms with van der Waals surface area (Å²) in [6.07, 6.45) is 3.24. The van der Waals surface area contributed by atoms with Crippen LogP contribution in [0.25, 0.3) is 0 Å². The molecule has 1 N–H and O–H groups in total. The molecule has 5 heteroatoms. The zero-order valence-electron chi connectivity index (χ0n) is 15.0. The minimum Gasteiger partial charge on any atom is -0.356 e. The first-order chi connectivity index (χ1) is 12.1. The van der Waals surface area contributed by atoms with Gasteiger partial charge in [-0.15, -0.1) is 0 Å². The average Bonchev–Trinajstić information content (AvgIpc) is 2.62. The van der Waals surface area contributed by atoms with E-state index in [2.05, 4.69) is 39.2 Å². The molecule has 0 radical (unpaired) electrons. The van der Waals surface area contributed by atoms with Crippen molar-refractivity contribution in [3.8, 4) is 0 Å². The Labute approximate surface area is 149 Å². The Morgan fingerprint density at radius 2 is 2.08 bits per heavy atom. The summed E-state index contributed by atoms with van der Waals surface area (Å²) in [6, 6.07) is 12.0. The molecule has 1 aromatic carbocycles. The molecule has 5 nitrogen and oxygen atoms in total. The second kappa shape index (κ2) is 8.10. The molecule has 2 heterocycles. The third-order valence-corrected chi connectivity index (χ3v) is 4.58. The number of benzene rings is 1. The van der Waals surface area contributed by atoms with Crippen molar-refractivity contribution in [2.45, 2.75) is 33.1 Å². The fourth-order valence-electron chi connectivity index (χ4n) is 3.28. The summed E-state index contributed by atoms with van der Waals surface area (Å²) < 4.78 is 0. The Balaban J connectivity index is 1.63. The molecule has 1 saturated heterocycles. The van der Waals surface area contributed by atoms with Gasteiger partial charge in [-0.2, -0.15) is 0 Å². The molecule has 3 rings (SSSR count). The van der Waals surface area contributed by atoms with E-state index in [4.69, 9.17) is 0 Å². The van der Waals surface area contributed by atoms with Gasteiger partial charge < -0.3 is 10.2 Å². The summed E-state index contributed by atoms with van der Waals surface area (Å²) in [7, 11) is 0. The first kappa shape index (κ1) is 17.4. The number of hydrogen-bond donors (Lipinski definition) is 1. The highest BCUT2D eigenvalue weighted by atomic mass is 16.1. The maximum Gasteiger partial charge on any atom is 0.270 e. The number of piperidine rings is 1. The van der Waals surface area contributed by atoms with E-state index < -0.39 is 0 Å². The standard InChI is InChI=1S/C20H26N4O/c1-15-7-6-12-24(14-15)19-13-18(22-16(2)23-19)20(25)21-11-10-17-8-4-3-5-9-17/h3-5,8-9,13,15H,6-7,10-12,14H2,1-2H3,(H,21,25). The van der Waals surface area contributed by atoms with Crippen LogP contribution in [-0.4, -0.2) is 35.5 Å². The van der Waals surface area contributed by atoms with E-state index in [9.17, 15) is 4.79 Å². The number of aromatic nitrogens is 2. The predicted molar refractivity (Wildman–Crippen MR) is 99.9 cm³/mol. The Hall–Kier alpha value is -2.43. The molecule has 25 heavy (non-hydrogen) atoms. The summed E-state index contributed by atoms with van der Waals surface area (Å²) in [5.74, 6) is 2.04. The van der Waals surface area contributed by atoms with Crippen LogP contribution in [0.15, 0.2) is 36.4 Å². The monoisotopic (exact) mass is 338 g/mol. The number of aryl methyl sites for hydroxylation is 1. The first-order valence-corrected chi connectivity index (χ1v) is 9.04. The fraction of sp³-hybridized carbons (Fsp3) is 0.450. The van der Waals surface area contributed by atoms with Crippen LogP contribution in [0.2, 0.25) is 0 Å². The smallest absolute Gasteiger partial charge is 0.270 e. The zero-order chi connectivity index (χ0) is 17.6. The molecule has 0 aliphatic carbocycles. The predicted octanol–water partition coefficient (Wildman–Crippen LogP) is 2.99. The third kappa shape index (κ3) is 4.78. The largest absolute Gasteiger partial charge is 0.356 e. The molecule has 1 aliphatic rings. The molecule has 1 aromatic heterocycles. The number of carbonyl (C=O) groups excluding carboxylic acids is 1. The van der Waals surface area contributed by atoms with Gasteiger partial charge in [0.05, 0.1) is 0 Å². The number of nitrogens with one attached hydrogen (secondary N) is 1. The van der Waals surface area contributed by atoms with Crippen molar-refractivity contribution >= 4 is 11.7 Å². The number of nitrogens with zero attached hydrogens (tertiary/aromatic N) is 3. The molecule has 132 valence electrons. The highest BCUT2D eigenvalue weighted by Gasteiger charge is 2.19. The highest BCUT2D eigenvalue weighted by molar-refractivity contribution is 5.92. The Kier molecular flexibility index (Phi) is 5.64. The summed E-state index contributed by atoms with van der Waals surface area (Å²) in [5.41, 5.74) is 1.67. The molecule has 0 spiro atoms. The second-order valence-electron chi connectivity index (χ2n) is 6.84. The zero-order valence-corrected chi connectivity index (χ0v) is 15.0. The van der Waals surface area contributed by atoms with Crippen LogP contribution >= 0.6 is 0 Å². The van der Waals surface area contributed by atoms with Crippen LogP contribution in [0, 0.1) is 12.8 Å². The van der Waals surface area contributed by atoms with Crippen LogP contribution in [0.3, 0.4) is 0 Å². The van der Waals surface area contributed by atoms with Crippen molar-refractivity contribution in [3.05, 3.63) is 53.5 Å². The second-order valence-corrected chi connectivity index (χ2v) is 6.84. The SMILES string of the molecule is Cc1nc(C(=O)NCCc2ccccc2)cc(N2CCCC(C)C2)n1. The number of amides is 1. The van der Waals surface area contributed by atoms with Gasteiger partial charge in [0.1, 0.15) is 17.3 Å². The van der Waals surface area contributed by atoms with Gasteiger partial charge in [0.2, 0.25) is 0 Å². The van der Waals surface area contributed by atoms with Crippen LogP contribution < -0.4 is 10.2 Å². The fourth-order valence-corrected chi connectivity index (χ4v) is 3.28. The van der Waals surface area contributed by atoms with Crippen LogP contribution in [0.5, 0.6) is 0 Å². The molecule has 1 fully saturated rings. The minimum absolute atomic E-state index is 0.132. The summed E-state index contributed by atoms with van der Waals surface area (Å²) in [6.45, 7) is 6.69. The van der Waals surface area contributed by atoms with Gasteiger partial charge in [-0.05, 0) is 37.7 Å². The van der Waals surface area contributed by atoms with Gasteiger partial charge in [-0.3, -0.25) is 4.79 Å². The molecule has 1 unspecified atom stereocenters.